The molecule has 0 spiro atoms. The molecule has 0 atom stereocenters. The SMILES string of the molecule is O=C1c2ccccc2C(=O)C1(Cl)CS(=O)(=O)O. The van der Waals surface area contributed by atoms with Crippen molar-refractivity contribution in [3.8, 4) is 0 Å². The molecule has 0 bridgehead atoms. The van der Waals surface area contributed by atoms with Crippen LogP contribution < -0.4 is 0 Å². The number of fused-ring (bicyclic) bond motifs is 1. The van der Waals surface area contributed by atoms with E-state index in [1.165, 1.54) is 12.1 Å². The van der Waals surface area contributed by atoms with Crippen molar-refractivity contribution in [2.45, 2.75) is 4.87 Å². The number of halogens is 1. The number of hydrogen-bond acceptors (Lipinski definition) is 4. The second kappa shape index (κ2) is 3.63. The molecule has 5 nitrogen and oxygen atoms in total. The van der Waals surface area contributed by atoms with Gasteiger partial charge in [-0.1, -0.05) is 24.3 Å². The summed E-state index contributed by atoms with van der Waals surface area (Å²) in [4.78, 5) is 21.5. The Labute approximate surface area is 102 Å². The molecule has 7 heteroatoms. The van der Waals surface area contributed by atoms with Gasteiger partial charge >= 0.3 is 0 Å². The molecule has 0 aliphatic heterocycles. The van der Waals surface area contributed by atoms with Crippen LogP contribution in [-0.2, 0) is 10.1 Å². The van der Waals surface area contributed by atoms with Crippen molar-refractivity contribution < 1.29 is 22.6 Å². The third-order valence-electron chi connectivity index (χ3n) is 2.52. The molecular weight excluding hydrogens is 268 g/mol. The zero-order chi connectivity index (χ0) is 12.8. The molecular formula is C10H7ClO5S. The molecule has 0 fully saturated rings. The van der Waals surface area contributed by atoms with Crippen LogP contribution in [0.25, 0.3) is 0 Å². The fraction of sp³-hybridized carbons (Fsp3) is 0.200. The third kappa shape index (κ3) is 1.88. The van der Waals surface area contributed by atoms with Crippen LogP contribution in [0.15, 0.2) is 24.3 Å². The maximum absolute atomic E-state index is 11.9. The van der Waals surface area contributed by atoms with E-state index < -0.39 is 32.3 Å². The Balaban J connectivity index is 2.56. The van der Waals surface area contributed by atoms with E-state index in [0.717, 1.165) is 0 Å². The first kappa shape index (κ1) is 12.2. The summed E-state index contributed by atoms with van der Waals surface area (Å²) in [7, 11) is -4.52. The molecule has 0 unspecified atom stereocenters. The van der Waals surface area contributed by atoms with Crippen LogP contribution in [0, 0.1) is 0 Å². The second-order valence-corrected chi connectivity index (χ2v) is 5.83. The van der Waals surface area contributed by atoms with Gasteiger partial charge in [-0.15, -0.1) is 11.6 Å². The standard InChI is InChI=1S/C10H7ClO5S/c11-10(5-17(14,15)16)8(12)6-3-1-2-4-7(6)9(10)13/h1-4H,5H2,(H,14,15,16). The topological polar surface area (TPSA) is 88.5 Å². The van der Waals surface area contributed by atoms with Crippen LogP contribution >= 0.6 is 11.6 Å². The Hall–Kier alpha value is -1.24. The number of ketones is 2. The second-order valence-electron chi connectivity index (χ2n) is 3.73. The first-order valence-corrected chi connectivity index (χ1v) is 6.57. The van der Waals surface area contributed by atoms with Crippen LogP contribution in [0.3, 0.4) is 0 Å². The zero-order valence-corrected chi connectivity index (χ0v) is 9.96. The van der Waals surface area contributed by atoms with Crippen LogP contribution in [0.2, 0.25) is 0 Å². The van der Waals surface area contributed by atoms with Gasteiger partial charge in [0.2, 0.25) is 0 Å². The van der Waals surface area contributed by atoms with Crippen molar-refractivity contribution in [3.05, 3.63) is 35.4 Å². The molecule has 1 aromatic rings. The fourth-order valence-corrected chi connectivity index (χ4v) is 3.17. The predicted octanol–water partition coefficient (Wildman–Crippen LogP) is 0.931. The molecule has 0 amide bonds. The molecule has 17 heavy (non-hydrogen) atoms. The molecule has 0 radical (unpaired) electrons. The lowest BCUT2D eigenvalue weighted by atomic mass is 10.1. The number of carbonyl (C=O) groups excluding carboxylic acids is 2. The maximum atomic E-state index is 11.9. The normalized spacial score (nSPS) is 18.2. The predicted molar refractivity (Wildman–Crippen MR) is 60.1 cm³/mol. The van der Waals surface area contributed by atoms with E-state index in [0.29, 0.717) is 0 Å². The molecule has 0 saturated carbocycles. The number of carbonyl (C=O) groups is 2. The largest absolute Gasteiger partial charge is 0.292 e. The van der Waals surface area contributed by atoms with Crippen molar-refractivity contribution in [1.29, 1.82) is 0 Å². The molecule has 1 aromatic carbocycles. The first-order valence-electron chi connectivity index (χ1n) is 4.58. The number of hydrogen-bond donors (Lipinski definition) is 1. The summed E-state index contributed by atoms with van der Waals surface area (Å²) in [6.07, 6.45) is 0. The summed E-state index contributed by atoms with van der Waals surface area (Å²) < 4.78 is 30.3. The average molecular weight is 275 g/mol. The van der Waals surface area contributed by atoms with Crippen molar-refractivity contribution in [1.82, 2.24) is 0 Å². The highest BCUT2D eigenvalue weighted by atomic mass is 35.5. The highest BCUT2D eigenvalue weighted by Crippen LogP contribution is 2.35. The maximum Gasteiger partial charge on any atom is 0.267 e. The smallest absolute Gasteiger partial charge is 0.267 e. The lowest BCUT2D eigenvalue weighted by molar-refractivity contribution is 0.0873. The van der Waals surface area contributed by atoms with E-state index in [1.54, 1.807) is 12.1 Å². The Morgan fingerprint density at radius 3 is 1.88 bits per heavy atom. The van der Waals surface area contributed by atoms with Crippen molar-refractivity contribution in [2.75, 3.05) is 5.75 Å². The Morgan fingerprint density at radius 2 is 1.53 bits per heavy atom. The molecule has 0 saturated heterocycles. The van der Waals surface area contributed by atoms with Crippen molar-refractivity contribution in [3.63, 3.8) is 0 Å². The highest BCUT2D eigenvalue weighted by molar-refractivity contribution is 7.86. The van der Waals surface area contributed by atoms with E-state index in [4.69, 9.17) is 16.2 Å². The summed E-state index contributed by atoms with van der Waals surface area (Å²) in [5, 5.41) is 0. The average Bonchev–Trinajstić information content (AvgIpc) is 2.40. The van der Waals surface area contributed by atoms with Gasteiger partial charge in [-0.3, -0.25) is 14.1 Å². The van der Waals surface area contributed by atoms with Gasteiger partial charge in [-0.2, -0.15) is 8.42 Å². The van der Waals surface area contributed by atoms with E-state index in [2.05, 4.69) is 0 Å². The van der Waals surface area contributed by atoms with E-state index in [9.17, 15) is 18.0 Å². The van der Waals surface area contributed by atoms with Crippen LogP contribution in [-0.4, -0.2) is 35.2 Å². The quantitative estimate of drug-likeness (QED) is 0.492. The number of Topliss-reactive ketones (excluding diaryl/α,β-unsaturated/α-hetero) is 2. The van der Waals surface area contributed by atoms with Crippen molar-refractivity contribution in [2.24, 2.45) is 0 Å². The molecule has 2 rings (SSSR count). The van der Waals surface area contributed by atoms with Crippen molar-refractivity contribution >= 4 is 33.3 Å². The minimum atomic E-state index is -4.52. The monoisotopic (exact) mass is 274 g/mol. The fourth-order valence-electron chi connectivity index (χ4n) is 1.79. The van der Waals surface area contributed by atoms with Crippen LogP contribution in [0.1, 0.15) is 20.7 Å². The summed E-state index contributed by atoms with van der Waals surface area (Å²) in [5.74, 6) is -2.71. The Bertz CT molecular complexity index is 584. The molecule has 1 N–H and O–H groups in total. The number of rotatable bonds is 2. The van der Waals surface area contributed by atoms with Crippen LogP contribution in [0.4, 0.5) is 0 Å². The van der Waals surface area contributed by atoms with Gasteiger partial charge in [-0.05, 0) is 0 Å². The van der Waals surface area contributed by atoms with Crippen LogP contribution in [0.5, 0.6) is 0 Å². The molecule has 1 aliphatic rings. The molecule has 1 aliphatic carbocycles. The lowest BCUT2D eigenvalue weighted by Crippen LogP contribution is -2.42. The lowest BCUT2D eigenvalue weighted by Gasteiger charge is -2.14. The molecule has 0 heterocycles. The first-order chi connectivity index (χ1) is 7.76. The van der Waals surface area contributed by atoms with Gasteiger partial charge in [0.25, 0.3) is 10.1 Å². The Kier molecular flexibility index (Phi) is 2.61. The minimum absolute atomic E-state index is 0.0798. The van der Waals surface area contributed by atoms with Gasteiger partial charge in [0.05, 0.1) is 0 Å². The summed E-state index contributed by atoms with van der Waals surface area (Å²) in [6, 6.07) is 5.87. The van der Waals surface area contributed by atoms with E-state index >= 15 is 0 Å². The summed E-state index contributed by atoms with van der Waals surface area (Å²) >= 11 is 5.78. The summed E-state index contributed by atoms with van der Waals surface area (Å²) in [6.45, 7) is 0. The molecule has 0 aromatic heterocycles. The number of benzene rings is 1. The minimum Gasteiger partial charge on any atom is -0.292 e. The van der Waals surface area contributed by atoms with Gasteiger partial charge in [-0.25, -0.2) is 0 Å². The zero-order valence-electron chi connectivity index (χ0n) is 8.38. The third-order valence-corrected chi connectivity index (χ3v) is 3.95. The highest BCUT2D eigenvalue weighted by Gasteiger charge is 2.54. The summed E-state index contributed by atoms with van der Waals surface area (Å²) in [5.41, 5.74) is 0.160. The Morgan fingerprint density at radius 1 is 1.12 bits per heavy atom. The van der Waals surface area contributed by atoms with Gasteiger partial charge in [0.1, 0.15) is 5.75 Å². The van der Waals surface area contributed by atoms with Gasteiger partial charge < -0.3 is 0 Å². The van der Waals surface area contributed by atoms with Gasteiger partial charge in [0.15, 0.2) is 16.4 Å². The molecule has 90 valence electrons. The number of alkyl halides is 1. The van der Waals surface area contributed by atoms with E-state index in [1.807, 2.05) is 0 Å². The van der Waals surface area contributed by atoms with E-state index in [-0.39, 0.29) is 11.1 Å². The van der Waals surface area contributed by atoms with Gasteiger partial charge in [0, 0.05) is 11.1 Å².